The average Bonchev–Trinajstić information content (AvgIpc) is 2.30. The van der Waals surface area contributed by atoms with Crippen molar-refractivity contribution in [2.24, 2.45) is 0 Å². The summed E-state index contributed by atoms with van der Waals surface area (Å²) in [4.78, 5) is 4.40. The molecule has 0 unspecified atom stereocenters. The van der Waals surface area contributed by atoms with Crippen molar-refractivity contribution in [2.45, 2.75) is 38.1 Å². The van der Waals surface area contributed by atoms with Crippen LogP contribution in [0.3, 0.4) is 0 Å². The van der Waals surface area contributed by atoms with Crippen molar-refractivity contribution in [1.82, 2.24) is 4.98 Å². The van der Waals surface area contributed by atoms with Gasteiger partial charge in [-0.1, -0.05) is 20.3 Å². The number of thioether (sulfide) groups is 1. The predicted octanol–water partition coefficient (Wildman–Crippen LogP) is 3.34. The summed E-state index contributed by atoms with van der Waals surface area (Å²) in [6.45, 7) is 4.92. The number of hydrogen-bond acceptors (Lipinski definition) is 4. The first-order valence-corrected chi connectivity index (χ1v) is 6.78. The average molecular weight is 240 g/mol. The van der Waals surface area contributed by atoms with Gasteiger partial charge < -0.3 is 10.5 Å². The van der Waals surface area contributed by atoms with E-state index in [0.717, 1.165) is 17.2 Å². The van der Waals surface area contributed by atoms with Crippen LogP contribution in [0.5, 0.6) is 5.88 Å². The van der Waals surface area contributed by atoms with Gasteiger partial charge in [0.05, 0.1) is 12.3 Å². The number of rotatable bonds is 7. The molecule has 2 N–H and O–H groups in total. The van der Waals surface area contributed by atoms with Crippen LogP contribution in [0, 0.1) is 0 Å². The molecule has 0 saturated heterocycles. The molecule has 4 heteroatoms. The van der Waals surface area contributed by atoms with E-state index in [9.17, 15) is 0 Å². The Balaban J connectivity index is 2.58. The Morgan fingerprint density at radius 1 is 1.31 bits per heavy atom. The van der Waals surface area contributed by atoms with Gasteiger partial charge >= 0.3 is 0 Å². The number of nitrogens with two attached hydrogens (primary N) is 1. The molecule has 1 rings (SSSR count). The van der Waals surface area contributed by atoms with Gasteiger partial charge in [-0.3, -0.25) is 0 Å². The highest BCUT2D eigenvalue weighted by Crippen LogP contribution is 2.24. The third-order valence-electron chi connectivity index (χ3n) is 2.05. The minimum Gasteiger partial charge on any atom is -0.476 e. The van der Waals surface area contributed by atoms with E-state index in [2.05, 4.69) is 18.8 Å². The summed E-state index contributed by atoms with van der Waals surface area (Å²) in [7, 11) is 0. The van der Waals surface area contributed by atoms with Crippen molar-refractivity contribution in [3.8, 4) is 5.88 Å². The largest absolute Gasteiger partial charge is 0.476 e. The number of hydrogen-bond donors (Lipinski definition) is 1. The number of nitrogens with zero attached hydrogens (tertiary/aromatic N) is 1. The number of unbranched alkanes of at least 4 members (excludes halogenated alkanes) is 1. The fraction of sp³-hybridized carbons (Fsp3) is 0.583. The molecule has 0 radical (unpaired) electrons. The number of anilines is 1. The normalized spacial score (nSPS) is 10.4. The molecule has 0 aliphatic heterocycles. The predicted molar refractivity (Wildman–Crippen MR) is 70.1 cm³/mol. The number of ether oxygens (including phenoxy) is 1. The van der Waals surface area contributed by atoms with Crippen molar-refractivity contribution in [1.29, 1.82) is 0 Å². The molecule has 1 aromatic heterocycles. The van der Waals surface area contributed by atoms with Crippen LogP contribution >= 0.6 is 11.8 Å². The van der Waals surface area contributed by atoms with E-state index in [0.29, 0.717) is 18.2 Å². The SMILES string of the molecule is CCCCSc1ccc(N)c(OCCC)n1. The molecule has 0 aliphatic carbocycles. The topological polar surface area (TPSA) is 48.1 Å². The summed E-state index contributed by atoms with van der Waals surface area (Å²) < 4.78 is 5.48. The first kappa shape index (κ1) is 13.2. The quantitative estimate of drug-likeness (QED) is 0.586. The van der Waals surface area contributed by atoms with Gasteiger partial charge in [-0.25, -0.2) is 4.98 Å². The maximum absolute atomic E-state index is 5.79. The summed E-state index contributed by atoms with van der Waals surface area (Å²) in [6.07, 6.45) is 3.39. The highest BCUT2D eigenvalue weighted by molar-refractivity contribution is 7.99. The molecule has 1 heterocycles. The van der Waals surface area contributed by atoms with E-state index in [4.69, 9.17) is 10.5 Å². The Labute approximate surface area is 102 Å². The molecule has 16 heavy (non-hydrogen) atoms. The van der Waals surface area contributed by atoms with Crippen LogP contribution in [0.15, 0.2) is 17.2 Å². The summed E-state index contributed by atoms with van der Waals surface area (Å²) >= 11 is 1.75. The number of aromatic nitrogens is 1. The first-order chi connectivity index (χ1) is 7.77. The second-order valence-electron chi connectivity index (χ2n) is 3.59. The lowest BCUT2D eigenvalue weighted by molar-refractivity contribution is 0.305. The number of pyridine rings is 1. The summed E-state index contributed by atoms with van der Waals surface area (Å²) in [5, 5.41) is 0.994. The molecule has 0 spiro atoms. The summed E-state index contributed by atoms with van der Waals surface area (Å²) in [6, 6.07) is 3.82. The van der Waals surface area contributed by atoms with Crippen LogP contribution in [0.25, 0.3) is 0 Å². The van der Waals surface area contributed by atoms with Gasteiger partial charge in [0.1, 0.15) is 5.03 Å². The third kappa shape index (κ3) is 4.31. The van der Waals surface area contributed by atoms with E-state index in [-0.39, 0.29) is 0 Å². The Bertz CT molecular complexity index is 318. The van der Waals surface area contributed by atoms with Crippen LogP contribution in [0.2, 0.25) is 0 Å². The minimum atomic E-state index is 0.573. The van der Waals surface area contributed by atoms with Gasteiger partial charge in [-0.05, 0) is 30.7 Å². The molecule has 0 fully saturated rings. The van der Waals surface area contributed by atoms with Crippen LogP contribution in [-0.4, -0.2) is 17.3 Å². The molecule has 0 amide bonds. The van der Waals surface area contributed by atoms with Gasteiger partial charge in [0, 0.05) is 0 Å². The highest BCUT2D eigenvalue weighted by atomic mass is 32.2. The molecule has 0 aliphatic rings. The maximum Gasteiger partial charge on any atom is 0.238 e. The Morgan fingerprint density at radius 3 is 2.81 bits per heavy atom. The van der Waals surface area contributed by atoms with E-state index in [1.54, 1.807) is 11.8 Å². The molecule has 0 aromatic carbocycles. The summed E-state index contributed by atoms with van der Waals surface area (Å²) in [5.74, 6) is 1.67. The van der Waals surface area contributed by atoms with E-state index in [1.807, 2.05) is 12.1 Å². The van der Waals surface area contributed by atoms with Gasteiger partial charge in [-0.15, -0.1) is 11.8 Å². The highest BCUT2D eigenvalue weighted by Gasteiger charge is 2.04. The van der Waals surface area contributed by atoms with Crippen molar-refractivity contribution in [3.05, 3.63) is 12.1 Å². The maximum atomic E-state index is 5.79. The van der Waals surface area contributed by atoms with E-state index >= 15 is 0 Å². The fourth-order valence-electron chi connectivity index (χ4n) is 1.15. The van der Waals surface area contributed by atoms with Crippen molar-refractivity contribution in [2.75, 3.05) is 18.1 Å². The van der Waals surface area contributed by atoms with Crippen molar-refractivity contribution < 1.29 is 4.74 Å². The monoisotopic (exact) mass is 240 g/mol. The smallest absolute Gasteiger partial charge is 0.238 e. The lowest BCUT2D eigenvalue weighted by Crippen LogP contribution is -2.01. The van der Waals surface area contributed by atoms with Crippen molar-refractivity contribution >= 4 is 17.4 Å². The van der Waals surface area contributed by atoms with E-state index in [1.165, 1.54) is 12.8 Å². The number of nitrogen functional groups attached to an aromatic ring is 1. The van der Waals surface area contributed by atoms with Crippen LogP contribution in [0.4, 0.5) is 5.69 Å². The Morgan fingerprint density at radius 2 is 2.12 bits per heavy atom. The third-order valence-corrected chi connectivity index (χ3v) is 3.07. The Kier molecular flexibility index (Phi) is 6.08. The Hall–Kier alpha value is -0.900. The van der Waals surface area contributed by atoms with Crippen molar-refractivity contribution in [3.63, 3.8) is 0 Å². The zero-order chi connectivity index (χ0) is 11.8. The minimum absolute atomic E-state index is 0.573. The molecule has 0 saturated carbocycles. The van der Waals surface area contributed by atoms with Gasteiger partial charge in [0.15, 0.2) is 0 Å². The first-order valence-electron chi connectivity index (χ1n) is 5.80. The van der Waals surface area contributed by atoms with Gasteiger partial charge in [-0.2, -0.15) is 0 Å². The standard InChI is InChI=1S/C12H20N2OS/c1-3-5-9-16-11-7-6-10(13)12(14-11)15-8-4-2/h6-7H,3-5,8-9,13H2,1-2H3. The summed E-state index contributed by atoms with van der Waals surface area (Å²) in [5.41, 5.74) is 6.41. The second kappa shape index (κ2) is 7.39. The molecule has 1 aromatic rings. The molecule has 0 atom stereocenters. The van der Waals surface area contributed by atoms with Gasteiger partial charge in [0.2, 0.25) is 5.88 Å². The van der Waals surface area contributed by atoms with Crippen LogP contribution < -0.4 is 10.5 Å². The lowest BCUT2D eigenvalue weighted by atomic mass is 10.4. The van der Waals surface area contributed by atoms with Gasteiger partial charge in [0.25, 0.3) is 0 Å². The van der Waals surface area contributed by atoms with E-state index < -0.39 is 0 Å². The molecular formula is C12H20N2OS. The fourth-order valence-corrected chi connectivity index (χ4v) is 2.10. The zero-order valence-electron chi connectivity index (χ0n) is 10.0. The molecule has 90 valence electrons. The molecular weight excluding hydrogens is 220 g/mol. The van der Waals surface area contributed by atoms with Crippen LogP contribution in [0.1, 0.15) is 33.1 Å². The molecule has 3 nitrogen and oxygen atoms in total. The molecule has 0 bridgehead atoms. The zero-order valence-corrected chi connectivity index (χ0v) is 10.8. The second-order valence-corrected chi connectivity index (χ2v) is 4.71. The van der Waals surface area contributed by atoms with Crippen LogP contribution in [-0.2, 0) is 0 Å². The lowest BCUT2D eigenvalue weighted by Gasteiger charge is -2.08.